The predicted molar refractivity (Wildman–Crippen MR) is 286 cm³/mol. The van der Waals surface area contributed by atoms with Gasteiger partial charge in [-0.05, 0) is 131 Å². The number of nitrogens with zero attached hydrogens (tertiary/aromatic N) is 10. The lowest BCUT2D eigenvalue weighted by molar-refractivity contribution is 1.16. The van der Waals surface area contributed by atoms with Crippen molar-refractivity contribution in [1.29, 1.82) is 21.0 Å². The van der Waals surface area contributed by atoms with Gasteiger partial charge in [-0.3, -0.25) is 0 Å². The average molecular weight is 927 g/mol. The summed E-state index contributed by atoms with van der Waals surface area (Å²) in [5, 5.41) is 43.9. The third kappa shape index (κ3) is 7.04. The van der Waals surface area contributed by atoms with Gasteiger partial charge in [-0.25, -0.2) is 19.4 Å². The van der Waals surface area contributed by atoms with E-state index in [-0.39, 0.29) is 33.9 Å². The van der Waals surface area contributed by atoms with E-state index in [1.807, 2.05) is 116 Å². The van der Waals surface area contributed by atoms with Crippen LogP contribution >= 0.6 is 0 Å². The summed E-state index contributed by atoms with van der Waals surface area (Å²) < 4.78 is 4.36. The number of aromatic nitrogens is 2. The lowest BCUT2D eigenvalue weighted by atomic mass is 9.92. The molecule has 0 aliphatic rings. The Labute approximate surface area is 419 Å². The lowest BCUT2D eigenvalue weighted by Gasteiger charge is -2.20. The third-order valence-electron chi connectivity index (χ3n) is 13.4. The molecule has 0 atom stereocenters. The zero-order chi connectivity index (χ0) is 50.5. The number of rotatable bonds is 6. The van der Waals surface area contributed by atoms with E-state index < -0.39 is 0 Å². The van der Waals surface area contributed by atoms with E-state index in [9.17, 15) is 21.0 Å². The number of aryl methyl sites for hydroxylation is 1. The second-order valence-electron chi connectivity index (χ2n) is 17.3. The van der Waals surface area contributed by atoms with Crippen LogP contribution in [0.15, 0.2) is 164 Å². The third-order valence-corrected chi connectivity index (χ3v) is 13.4. The van der Waals surface area contributed by atoms with E-state index in [2.05, 4.69) is 83.1 Å². The van der Waals surface area contributed by atoms with E-state index in [0.29, 0.717) is 33.4 Å². The Morgan fingerprint density at radius 2 is 0.904 bits per heavy atom. The fraction of sp³-hybridized carbons (Fsp3) is 0.0159. The molecule has 0 saturated heterocycles. The fourth-order valence-electron chi connectivity index (χ4n) is 10.3. The zero-order valence-corrected chi connectivity index (χ0v) is 38.6. The summed E-state index contributed by atoms with van der Waals surface area (Å²) in [5.41, 5.74) is 13.9. The number of benzene rings is 9. The molecule has 0 unspecified atom stereocenters. The maximum Gasteiger partial charge on any atom is 0.186 e. The van der Waals surface area contributed by atoms with Crippen LogP contribution in [0, 0.1) is 78.5 Å². The summed E-state index contributed by atoms with van der Waals surface area (Å²) in [6, 6.07) is 60.5. The van der Waals surface area contributed by atoms with Crippen molar-refractivity contribution in [2.24, 2.45) is 0 Å². The van der Waals surface area contributed by atoms with Gasteiger partial charge in [0.05, 0.1) is 95.1 Å². The highest BCUT2D eigenvalue weighted by Crippen LogP contribution is 2.47. The molecule has 0 fully saturated rings. The van der Waals surface area contributed by atoms with Crippen LogP contribution in [0.2, 0.25) is 0 Å². The van der Waals surface area contributed by atoms with E-state index >= 15 is 0 Å². The van der Waals surface area contributed by atoms with Crippen LogP contribution in [0.4, 0.5) is 22.7 Å². The first-order chi connectivity index (χ1) is 35.7. The van der Waals surface area contributed by atoms with Gasteiger partial charge in [-0.1, -0.05) is 72.8 Å². The van der Waals surface area contributed by atoms with Crippen molar-refractivity contribution in [3.8, 4) is 80.2 Å². The van der Waals surface area contributed by atoms with Gasteiger partial charge in [-0.15, -0.1) is 0 Å². The maximum atomic E-state index is 10.5. The number of fused-ring (bicyclic) bond motifs is 6. The Kier molecular flexibility index (Phi) is 10.6. The van der Waals surface area contributed by atoms with Crippen molar-refractivity contribution in [2.45, 2.75) is 6.92 Å². The highest BCUT2D eigenvalue weighted by molar-refractivity contribution is 6.13. The second-order valence-corrected chi connectivity index (χ2v) is 17.3. The molecule has 11 aromatic rings. The van der Waals surface area contributed by atoms with Crippen LogP contribution in [0.1, 0.15) is 27.8 Å². The summed E-state index contributed by atoms with van der Waals surface area (Å²) in [6.07, 6.45) is 0. The molecule has 2 heterocycles. The molecule has 10 nitrogen and oxygen atoms in total. The molecular formula is C63H30N10. The molecule has 332 valence electrons. The minimum absolute atomic E-state index is 0.207. The molecule has 0 saturated carbocycles. The summed E-state index contributed by atoms with van der Waals surface area (Å²) in [5.74, 6) is 0. The summed E-state index contributed by atoms with van der Waals surface area (Å²) in [7, 11) is 0. The largest absolute Gasteiger partial charge is 0.309 e. The van der Waals surface area contributed by atoms with Crippen molar-refractivity contribution in [3.05, 3.63) is 237 Å². The Hall–Kier alpha value is -11.5. The highest BCUT2D eigenvalue weighted by Gasteiger charge is 2.24. The average Bonchev–Trinajstić information content (AvgIpc) is 3.96. The standard InChI is InChI=1S/C63H30N10/c1-37-24-38(33-64)14-19-46(37)41-16-21-58(72-56-12-8-6-10-47(56)51-30-42(17-22-59(51)72)62-44(36-67)28-45(68-2)32-55(62)71-5)50(29-41)49-20-15-39(34-65)27-61(49)73-57-13-9-7-11-48(57)52-31-43(18-23-60(52)73)63-53(69-3)25-40(35-66)26-54(63)70-4/h6-32H,1H3. The molecule has 0 bridgehead atoms. The van der Waals surface area contributed by atoms with E-state index in [0.717, 1.165) is 82.8 Å². The van der Waals surface area contributed by atoms with Crippen molar-refractivity contribution in [2.75, 3.05) is 0 Å². The highest BCUT2D eigenvalue weighted by atomic mass is 15.0. The Morgan fingerprint density at radius 3 is 1.47 bits per heavy atom. The quantitative estimate of drug-likeness (QED) is 0.154. The first-order valence-electron chi connectivity index (χ1n) is 22.7. The van der Waals surface area contributed by atoms with Crippen LogP contribution in [-0.2, 0) is 0 Å². The van der Waals surface area contributed by atoms with Gasteiger partial charge >= 0.3 is 0 Å². The van der Waals surface area contributed by atoms with Crippen molar-refractivity contribution in [3.63, 3.8) is 0 Å². The van der Waals surface area contributed by atoms with E-state index in [4.69, 9.17) is 26.3 Å². The van der Waals surface area contributed by atoms with Crippen LogP contribution in [0.3, 0.4) is 0 Å². The normalized spacial score (nSPS) is 10.7. The summed E-state index contributed by atoms with van der Waals surface area (Å²) in [6.45, 7) is 33.6. The molecule has 0 N–H and O–H groups in total. The first kappa shape index (κ1) is 44.0. The summed E-state index contributed by atoms with van der Waals surface area (Å²) in [4.78, 5) is 14.8. The van der Waals surface area contributed by atoms with Gasteiger partial charge in [0, 0.05) is 49.4 Å². The van der Waals surface area contributed by atoms with Gasteiger partial charge < -0.3 is 9.13 Å². The molecular weight excluding hydrogens is 897 g/mol. The SMILES string of the molecule is [C-]#[N+]c1cc(C#N)c(-c2ccc3c(c2)c2ccccc2n3-c2ccc(-c3ccc(C#N)cc3C)cc2-c2ccc(C#N)cc2-n2c3ccccc3c3cc(-c4c([N+]#[C-])cc(C#N)cc4[N+]#[C-])ccc32)c([N+]#[C-])c1. The lowest BCUT2D eigenvalue weighted by Crippen LogP contribution is -2.03. The molecule has 0 radical (unpaired) electrons. The maximum absolute atomic E-state index is 10.5. The van der Waals surface area contributed by atoms with Gasteiger partial charge in [0.1, 0.15) is 0 Å². The van der Waals surface area contributed by atoms with Crippen molar-refractivity contribution in [1.82, 2.24) is 9.13 Å². The number of para-hydroxylation sites is 2. The fourth-order valence-corrected chi connectivity index (χ4v) is 10.3. The molecule has 0 amide bonds. The minimum Gasteiger partial charge on any atom is -0.309 e. The number of hydrogen-bond donors (Lipinski definition) is 0. The minimum atomic E-state index is 0.207. The van der Waals surface area contributed by atoms with Crippen LogP contribution in [-0.4, -0.2) is 9.13 Å². The predicted octanol–water partition coefficient (Wildman–Crippen LogP) is 16.5. The Morgan fingerprint density at radius 1 is 0.384 bits per heavy atom. The smallest absolute Gasteiger partial charge is 0.186 e. The number of hydrogen-bond acceptors (Lipinski definition) is 4. The van der Waals surface area contributed by atoms with Crippen molar-refractivity contribution >= 4 is 66.4 Å². The molecule has 10 heteroatoms. The molecule has 0 aliphatic carbocycles. The van der Waals surface area contributed by atoms with Gasteiger partial charge in [0.25, 0.3) is 0 Å². The summed E-state index contributed by atoms with van der Waals surface area (Å²) >= 11 is 0. The Balaban J connectivity index is 1.21. The monoisotopic (exact) mass is 926 g/mol. The molecule has 9 aromatic carbocycles. The molecule has 0 spiro atoms. The van der Waals surface area contributed by atoms with Crippen LogP contribution in [0.25, 0.3) is 119 Å². The van der Waals surface area contributed by atoms with E-state index in [1.54, 1.807) is 0 Å². The van der Waals surface area contributed by atoms with Crippen molar-refractivity contribution < 1.29 is 0 Å². The molecule has 2 aromatic heterocycles. The first-order valence-corrected chi connectivity index (χ1v) is 22.7. The second kappa shape index (κ2) is 17.5. The van der Waals surface area contributed by atoms with Crippen LogP contribution in [0.5, 0.6) is 0 Å². The van der Waals surface area contributed by atoms with Gasteiger partial charge in [0.15, 0.2) is 22.7 Å². The molecule has 73 heavy (non-hydrogen) atoms. The number of nitriles is 4. The van der Waals surface area contributed by atoms with E-state index in [1.165, 1.54) is 24.3 Å². The topological polar surface area (TPSA) is 122 Å². The zero-order valence-electron chi connectivity index (χ0n) is 38.6. The van der Waals surface area contributed by atoms with Gasteiger partial charge in [0.2, 0.25) is 0 Å². The van der Waals surface area contributed by atoms with Gasteiger partial charge in [-0.2, -0.15) is 21.0 Å². The van der Waals surface area contributed by atoms with Crippen LogP contribution < -0.4 is 0 Å². The molecule has 0 aliphatic heterocycles. The Bertz CT molecular complexity index is 4550. The molecule has 11 rings (SSSR count).